The van der Waals surface area contributed by atoms with Gasteiger partial charge in [-0.25, -0.2) is 4.79 Å². The van der Waals surface area contributed by atoms with E-state index in [4.69, 9.17) is 4.74 Å². The topological polar surface area (TPSA) is 29.5 Å². The standard InChI is InChI=1S/C19H24F3NO2/c1-18(2,3)25-17(24)23-10-15-14(16(15)11-23)9-6-12-4-7-13(8-5-12)19(20,21)22/h4-5,7-8,14-16H,6,9-11H2,1-3H3. The summed E-state index contributed by atoms with van der Waals surface area (Å²) < 4.78 is 43.1. The van der Waals surface area contributed by atoms with Crippen molar-refractivity contribution in [1.82, 2.24) is 4.90 Å². The Balaban J connectivity index is 1.44. The largest absolute Gasteiger partial charge is 0.444 e. The first-order valence-corrected chi connectivity index (χ1v) is 8.69. The molecule has 1 aromatic rings. The maximum absolute atomic E-state index is 12.6. The van der Waals surface area contributed by atoms with Crippen LogP contribution in [-0.2, 0) is 17.3 Å². The molecule has 6 heteroatoms. The molecular weight excluding hydrogens is 331 g/mol. The second kappa shape index (κ2) is 6.22. The predicted octanol–water partition coefficient (Wildman–Crippen LogP) is 4.75. The lowest BCUT2D eigenvalue weighted by Gasteiger charge is -2.25. The van der Waals surface area contributed by atoms with Gasteiger partial charge in [0.05, 0.1) is 5.56 Å². The number of carbonyl (C=O) groups is 1. The average Bonchev–Trinajstić information content (AvgIpc) is 2.93. The maximum Gasteiger partial charge on any atom is 0.416 e. The van der Waals surface area contributed by atoms with Crippen molar-refractivity contribution in [2.45, 2.75) is 45.4 Å². The summed E-state index contributed by atoms with van der Waals surface area (Å²) in [5.74, 6) is 1.60. The van der Waals surface area contributed by atoms with Crippen LogP contribution in [0.2, 0.25) is 0 Å². The molecule has 2 fully saturated rings. The normalized spacial score (nSPS) is 25.7. The van der Waals surface area contributed by atoms with Crippen LogP contribution < -0.4 is 0 Å². The van der Waals surface area contributed by atoms with Crippen molar-refractivity contribution in [3.05, 3.63) is 35.4 Å². The smallest absolute Gasteiger partial charge is 0.416 e. The van der Waals surface area contributed by atoms with Crippen LogP contribution in [0.25, 0.3) is 0 Å². The summed E-state index contributed by atoms with van der Waals surface area (Å²) in [5.41, 5.74) is -0.152. The van der Waals surface area contributed by atoms with Gasteiger partial charge in [-0.1, -0.05) is 12.1 Å². The molecule has 1 aliphatic carbocycles. The summed E-state index contributed by atoms with van der Waals surface area (Å²) in [5, 5.41) is 0. The van der Waals surface area contributed by atoms with E-state index in [-0.39, 0.29) is 6.09 Å². The van der Waals surface area contributed by atoms with Gasteiger partial charge >= 0.3 is 12.3 Å². The molecule has 138 valence electrons. The monoisotopic (exact) mass is 355 g/mol. The Morgan fingerprint density at radius 2 is 1.68 bits per heavy atom. The van der Waals surface area contributed by atoms with Crippen molar-refractivity contribution in [3.8, 4) is 0 Å². The molecule has 0 aromatic heterocycles. The third-order valence-corrected chi connectivity index (χ3v) is 5.07. The second-order valence-electron chi connectivity index (χ2n) is 8.11. The molecule has 25 heavy (non-hydrogen) atoms. The molecule has 1 heterocycles. The van der Waals surface area contributed by atoms with Gasteiger partial charge in [0.1, 0.15) is 5.60 Å². The summed E-state index contributed by atoms with van der Waals surface area (Å²) in [6, 6.07) is 5.42. The van der Waals surface area contributed by atoms with Crippen LogP contribution >= 0.6 is 0 Å². The Morgan fingerprint density at radius 1 is 1.12 bits per heavy atom. The van der Waals surface area contributed by atoms with Gasteiger partial charge in [-0.05, 0) is 69.1 Å². The number of hydrogen-bond donors (Lipinski definition) is 0. The van der Waals surface area contributed by atoms with Crippen molar-refractivity contribution < 1.29 is 22.7 Å². The zero-order valence-corrected chi connectivity index (χ0v) is 14.8. The summed E-state index contributed by atoms with van der Waals surface area (Å²) in [4.78, 5) is 13.8. The number of rotatable bonds is 3. The summed E-state index contributed by atoms with van der Waals surface area (Å²) in [7, 11) is 0. The molecule has 0 bridgehead atoms. The summed E-state index contributed by atoms with van der Waals surface area (Å²) >= 11 is 0. The molecule has 1 saturated carbocycles. The molecule has 2 unspecified atom stereocenters. The molecule has 1 saturated heterocycles. The van der Waals surface area contributed by atoms with Gasteiger partial charge in [-0.2, -0.15) is 13.2 Å². The predicted molar refractivity (Wildman–Crippen MR) is 88.0 cm³/mol. The number of alkyl halides is 3. The van der Waals surface area contributed by atoms with Gasteiger partial charge in [0.15, 0.2) is 0 Å². The van der Waals surface area contributed by atoms with E-state index in [1.165, 1.54) is 0 Å². The average molecular weight is 355 g/mol. The Hall–Kier alpha value is -1.72. The molecule has 1 aliphatic heterocycles. The van der Waals surface area contributed by atoms with Crippen LogP contribution in [0.15, 0.2) is 24.3 Å². The van der Waals surface area contributed by atoms with Gasteiger partial charge in [-0.3, -0.25) is 0 Å². The van der Waals surface area contributed by atoms with Crippen molar-refractivity contribution in [1.29, 1.82) is 0 Å². The maximum atomic E-state index is 12.6. The van der Waals surface area contributed by atoms with Crippen LogP contribution in [0, 0.1) is 17.8 Å². The number of likely N-dealkylation sites (tertiary alicyclic amines) is 1. The molecule has 3 rings (SSSR count). The van der Waals surface area contributed by atoms with Gasteiger partial charge in [0, 0.05) is 13.1 Å². The molecule has 3 nitrogen and oxygen atoms in total. The van der Waals surface area contributed by atoms with E-state index >= 15 is 0 Å². The molecular formula is C19H24F3NO2. The number of piperidine rings is 1. The number of hydrogen-bond acceptors (Lipinski definition) is 2. The lowest BCUT2D eigenvalue weighted by atomic mass is 10.0. The van der Waals surface area contributed by atoms with Crippen LogP contribution in [0.5, 0.6) is 0 Å². The highest BCUT2D eigenvalue weighted by Crippen LogP contribution is 2.54. The van der Waals surface area contributed by atoms with E-state index in [9.17, 15) is 18.0 Å². The van der Waals surface area contributed by atoms with Crippen LogP contribution in [-0.4, -0.2) is 29.7 Å². The SMILES string of the molecule is CC(C)(C)OC(=O)N1CC2C(CCc3ccc(C(F)(F)F)cc3)C2C1. The minimum atomic E-state index is -4.28. The van der Waals surface area contributed by atoms with E-state index in [0.717, 1.165) is 43.6 Å². The fraction of sp³-hybridized carbons (Fsp3) is 0.632. The van der Waals surface area contributed by atoms with E-state index in [1.807, 2.05) is 20.8 Å². The van der Waals surface area contributed by atoms with Crippen molar-refractivity contribution in [2.24, 2.45) is 17.8 Å². The molecule has 2 atom stereocenters. The number of ether oxygens (including phenoxy) is 1. The zero-order valence-electron chi connectivity index (χ0n) is 14.8. The number of benzene rings is 1. The van der Waals surface area contributed by atoms with Crippen molar-refractivity contribution in [2.75, 3.05) is 13.1 Å². The molecule has 0 spiro atoms. The van der Waals surface area contributed by atoms with E-state index in [2.05, 4.69) is 0 Å². The Bertz CT molecular complexity index is 622. The Kier molecular flexibility index (Phi) is 4.50. The number of halogens is 3. The van der Waals surface area contributed by atoms with E-state index in [1.54, 1.807) is 17.0 Å². The van der Waals surface area contributed by atoms with Crippen molar-refractivity contribution in [3.63, 3.8) is 0 Å². The zero-order chi connectivity index (χ0) is 18.4. The first-order valence-electron chi connectivity index (χ1n) is 8.69. The molecule has 0 N–H and O–H groups in total. The van der Waals surface area contributed by atoms with Crippen molar-refractivity contribution >= 4 is 6.09 Å². The van der Waals surface area contributed by atoms with E-state index < -0.39 is 17.3 Å². The quantitative estimate of drug-likeness (QED) is 0.783. The van der Waals surface area contributed by atoms with Crippen LogP contribution in [0.4, 0.5) is 18.0 Å². The molecule has 1 aromatic carbocycles. The number of carbonyl (C=O) groups excluding carboxylic acids is 1. The molecule has 2 aliphatic rings. The molecule has 1 amide bonds. The fourth-order valence-corrected chi connectivity index (χ4v) is 3.75. The third kappa shape index (κ3) is 4.28. The summed E-state index contributed by atoms with van der Waals surface area (Å²) in [6.45, 7) is 7.03. The minimum absolute atomic E-state index is 0.249. The number of amides is 1. The van der Waals surface area contributed by atoms with Gasteiger partial charge in [0.25, 0.3) is 0 Å². The van der Waals surface area contributed by atoms with Gasteiger partial charge in [0.2, 0.25) is 0 Å². The number of aryl methyl sites for hydroxylation is 1. The van der Waals surface area contributed by atoms with E-state index in [0.29, 0.717) is 17.8 Å². The van der Waals surface area contributed by atoms with Gasteiger partial charge < -0.3 is 9.64 Å². The lowest BCUT2D eigenvalue weighted by Crippen LogP contribution is -2.37. The number of nitrogens with zero attached hydrogens (tertiary/aromatic N) is 1. The highest BCUT2D eigenvalue weighted by Gasteiger charge is 2.56. The summed E-state index contributed by atoms with van der Waals surface area (Å²) in [6.07, 6.45) is -2.79. The Morgan fingerprint density at radius 3 is 2.16 bits per heavy atom. The number of fused-ring (bicyclic) bond motifs is 1. The first kappa shape index (κ1) is 18.1. The second-order valence-corrected chi connectivity index (χ2v) is 8.11. The lowest BCUT2D eigenvalue weighted by molar-refractivity contribution is -0.137. The van der Waals surface area contributed by atoms with Gasteiger partial charge in [-0.15, -0.1) is 0 Å². The highest BCUT2D eigenvalue weighted by atomic mass is 19.4. The third-order valence-electron chi connectivity index (χ3n) is 5.07. The first-order chi connectivity index (χ1) is 11.5. The minimum Gasteiger partial charge on any atom is -0.444 e. The Labute approximate surface area is 146 Å². The molecule has 0 radical (unpaired) electrons. The highest BCUT2D eigenvalue weighted by molar-refractivity contribution is 5.69. The fourth-order valence-electron chi connectivity index (χ4n) is 3.75. The van der Waals surface area contributed by atoms with Crippen LogP contribution in [0.3, 0.4) is 0 Å². The van der Waals surface area contributed by atoms with Crippen LogP contribution in [0.1, 0.15) is 38.3 Å².